The lowest BCUT2D eigenvalue weighted by molar-refractivity contribution is -0.141. The Morgan fingerprint density at radius 2 is 2.32 bits per heavy atom. The van der Waals surface area contributed by atoms with E-state index in [-0.39, 0.29) is 18.2 Å². The van der Waals surface area contributed by atoms with E-state index in [0.29, 0.717) is 36.5 Å². The van der Waals surface area contributed by atoms with Gasteiger partial charge in [0, 0.05) is 12.0 Å². The maximum atomic E-state index is 11.7. The number of Topliss-reactive ketones (excluding diaryl/α,β-unsaturated/α-hetero) is 1. The van der Waals surface area contributed by atoms with Crippen molar-refractivity contribution in [1.29, 1.82) is 0 Å². The summed E-state index contributed by atoms with van der Waals surface area (Å²) in [5, 5.41) is 0. The van der Waals surface area contributed by atoms with Crippen LogP contribution in [-0.2, 0) is 9.53 Å². The van der Waals surface area contributed by atoms with Crippen LogP contribution in [-0.4, -0.2) is 25.0 Å². The Morgan fingerprint density at radius 3 is 3.11 bits per heavy atom. The van der Waals surface area contributed by atoms with Crippen LogP contribution in [0.5, 0.6) is 5.75 Å². The summed E-state index contributed by atoms with van der Waals surface area (Å²) in [6, 6.07) is 5.21. The second-order valence-corrected chi connectivity index (χ2v) is 4.02. The molecule has 0 saturated heterocycles. The Bertz CT molecular complexity index is 563. The molecule has 0 saturated carbocycles. The molecule has 4 nitrogen and oxygen atoms in total. The van der Waals surface area contributed by atoms with E-state index in [2.05, 4.69) is 11.8 Å². The van der Waals surface area contributed by atoms with E-state index in [1.807, 2.05) is 0 Å². The largest absolute Gasteiger partial charge is 0.492 e. The minimum Gasteiger partial charge on any atom is -0.492 e. The Balaban J connectivity index is 2.10. The standard InChI is InChI=1S/C15H14O4/c1-2-18-15(17)5-3-4-11-6-7-14-12(10-11)13(16)8-9-19-14/h6-7,10H,2,5,8-9H2,1H3. The van der Waals surface area contributed by atoms with Crippen LogP contribution >= 0.6 is 0 Å². The summed E-state index contributed by atoms with van der Waals surface area (Å²) in [6.07, 6.45) is 0.447. The maximum absolute atomic E-state index is 11.7. The molecule has 1 heterocycles. The van der Waals surface area contributed by atoms with Crippen molar-refractivity contribution in [2.24, 2.45) is 0 Å². The zero-order chi connectivity index (χ0) is 13.7. The number of rotatable bonds is 2. The van der Waals surface area contributed by atoms with Crippen LogP contribution in [0.2, 0.25) is 0 Å². The highest BCUT2D eigenvalue weighted by Crippen LogP contribution is 2.25. The van der Waals surface area contributed by atoms with Gasteiger partial charge in [-0.3, -0.25) is 9.59 Å². The summed E-state index contributed by atoms with van der Waals surface area (Å²) >= 11 is 0. The normalized spacial score (nSPS) is 12.8. The molecule has 4 heteroatoms. The lowest BCUT2D eigenvalue weighted by Gasteiger charge is -2.15. The van der Waals surface area contributed by atoms with Crippen LogP contribution in [0.15, 0.2) is 18.2 Å². The Labute approximate surface area is 111 Å². The molecular weight excluding hydrogens is 244 g/mol. The number of carbonyl (C=O) groups is 2. The number of benzene rings is 1. The monoisotopic (exact) mass is 258 g/mol. The fourth-order valence-electron chi connectivity index (χ4n) is 1.77. The molecule has 0 amide bonds. The SMILES string of the molecule is CCOC(=O)CC#Cc1ccc2c(c1)C(=O)CCO2. The first-order valence-electron chi connectivity index (χ1n) is 6.15. The van der Waals surface area contributed by atoms with Crippen LogP contribution in [0.4, 0.5) is 0 Å². The summed E-state index contributed by atoms with van der Waals surface area (Å²) in [7, 11) is 0. The molecule has 0 atom stereocenters. The first-order chi connectivity index (χ1) is 9.20. The number of fused-ring (bicyclic) bond motifs is 1. The van der Waals surface area contributed by atoms with Crippen LogP contribution in [0.1, 0.15) is 35.7 Å². The van der Waals surface area contributed by atoms with Gasteiger partial charge in [0.25, 0.3) is 0 Å². The van der Waals surface area contributed by atoms with Crippen molar-refractivity contribution < 1.29 is 19.1 Å². The van der Waals surface area contributed by atoms with Gasteiger partial charge in [0.2, 0.25) is 0 Å². The lowest BCUT2D eigenvalue weighted by atomic mass is 10.0. The number of hydrogen-bond donors (Lipinski definition) is 0. The molecule has 0 bridgehead atoms. The van der Waals surface area contributed by atoms with Gasteiger partial charge in [-0.05, 0) is 25.1 Å². The molecule has 0 aromatic heterocycles. The van der Waals surface area contributed by atoms with Crippen molar-refractivity contribution in [2.75, 3.05) is 13.2 Å². The van der Waals surface area contributed by atoms with Crippen molar-refractivity contribution in [3.05, 3.63) is 29.3 Å². The smallest absolute Gasteiger partial charge is 0.317 e. The molecule has 19 heavy (non-hydrogen) atoms. The third kappa shape index (κ3) is 3.35. The van der Waals surface area contributed by atoms with Gasteiger partial charge in [-0.25, -0.2) is 0 Å². The fourth-order valence-corrected chi connectivity index (χ4v) is 1.77. The molecule has 0 aliphatic carbocycles. The zero-order valence-corrected chi connectivity index (χ0v) is 10.7. The molecule has 0 spiro atoms. The first kappa shape index (κ1) is 13.2. The molecule has 1 aliphatic rings. The molecule has 0 N–H and O–H groups in total. The van der Waals surface area contributed by atoms with Crippen molar-refractivity contribution >= 4 is 11.8 Å². The number of ketones is 1. The van der Waals surface area contributed by atoms with Crippen LogP contribution in [0, 0.1) is 11.8 Å². The van der Waals surface area contributed by atoms with Gasteiger partial charge in [-0.2, -0.15) is 0 Å². The van der Waals surface area contributed by atoms with Crippen LogP contribution < -0.4 is 4.74 Å². The zero-order valence-electron chi connectivity index (χ0n) is 10.7. The van der Waals surface area contributed by atoms with Crippen molar-refractivity contribution in [2.45, 2.75) is 19.8 Å². The summed E-state index contributed by atoms with van der Waals surface area (Å²) in [4.78, 5) is 22.8. The Hall–Kier alpha value is -2.28. The van der Waals surface area contributed by atoms with Gasteiger partial charge >= 0.3 is 5.97 Å². The van der Waals surface area contributed by atoms with Gasteiger partial charge in [0.1, 0.15) is 12.2 Å². The van der Waals surface area contributed by atoms with Crippen molar-refractivity contribution in [3.63, 3.8) is 0 Å². The van der Waals surface area contributed by atoms with E-state index < -0.39 is 0 Å². The Kier molecular flexibility index (Phi) is 4.19. The van der Waals surface area contributed by atoms with Gasteiger partial charge in [-0.15, -0.1) is 0 Å². The predicted molar refractivity (Wildman–Crippen MR) is 69.0 cm³/mol. The van der Waals surface area contributed by atoms with Gasteiger partial charge in [0.05, 0.1) is 18.8 Å². The highest BCUT2D eigenvalue weighted by molar-refractivity contribution is 5.99. The molecule has 1 aromatic rings. The van der Waals surface area contributed by atoms with E-state index in [0.717, 1.165) is 0 Å². The molecular formula is C15H14O4. The third-order valence-electron chi connectivity index (χ3n) is 2.64. The Morgan fingerprint density at radius 1 is 1.47 bits per heavy atom. The molecule has 1 aliphatic heterocycles. The minimum absolute atomic E-state index is 0.0510. The van der Waals surface area contributed by atoms with Crippen molar-refractivity contribution in [1.82, 2.24) is 0 Å². The minimum atomic E-state index is -0.340. The molecule has 2 rings (SSSR count). The third-order valence-corrected chi connectivity index (χ3v) is 2.64. The number of esters is 1. The number of hydrogen-bond acceptors (Lipinski definition) is 4. The van der Waals surface area contributed by atoms with Gasteiger partial charge < -0.3 is 9.47 Å². The second-order valence-electron chi connectivity index (χ2n) is 4.02. The molecule has 1 aromatic carbocycles. The maximum Gasteiger partial charge on any atom is 0.317 e. The predicted octanol–water partition coefficient (Wildman–Crippen LogP) is 1.96. The summed E-state index contributed by atoms with van der Waals surface area (Å²) in [6.45, 7) is 2.53. The number of carbonyl (C=O) groups excluding carboxylic acids is 2. The number of ether oxygens (including phenoxy) is 2. The van der Waals surface area contributed by atoms with E-state index in [1.54, 1.807) is 25.1 Å². The van der Waals surface area contributed by atoms with E-state index >= 15 is 0 Å². The molecule has 0 fully saturated rings. The van der Waals surface area contributed by atoms with Gasteiger partial charge in [0.15, 0.2) is 5.78 Å². The molecule has 98 valence electrons. The highest BCUT2D eigenvalue weighted by atomic mass is 16.5. The van der Waals surface area contributed by atoms with Crippen LogP contribution in [0.25, 0.3) is 0 Å². The van der Waals surface area contributed by atoms with E-state index in [1.165, 1.54) is 0 Å². The molecule has 0 radical (unpaired) electrons. The highest BCUT2D eigenvalue weighted by Gasteiger charge is 2.18. The lowest BCUT2D eigenvalue weighted by Crippen LogP contribution is -2.15. The quantitative estimate of drug-likeness (QED) is 0.601. The summed E-state index contributed by atoms with van der Waals surface area (Å²) < 4.78 is 10.2. The van der Waals surface area contributed by atoms with Gasteiger partial charge in [-0.1, -0.05) is 11.8 Å². The topological polar surface area (TPSA) is 52.6 Å². The first-order valence-corrected chi connectivity index (χ1v) is 6.15. The van der Waals surface area contributed by atoms with Crippen molar-refractivity contribution in [3.8, 4) is 17.6 Å². The summed E-state index contributed by atoms with van der Waals surface area (Å²) in [5.74, 6) is 5.91. The van der Waals surface area contributed by atoms with Crippen LogP contribution in [0.3, 0.4) is 0 Å². The fraction of sp³-hybridized carbons (Fsp3) is 0.333. The molecule has 0 unspecified atom stereocenters. The van der Waals surface area contributed by atoms with E-state index in [4.69, 9.17) is 9.47 Å². The average molecular weight is 258 g/mol. The average Bonchev–Trinajstić information content (AvgIpc) is 2.40. The summed E-state index contributed by atoms with van der Waals surface area (Å²) in [5.41, 5.74) is 1.26. The second kappa shape index (κ2) is 6.05. The van der Waals surface area contributed by atoms with E-state index in [9.17, 15) is 9.59 Å².